The summed E-state index contributed by atoms with van der Waals surface area (Å²) in [6.45, 7) is 2.31. The average molecular weight is 333 g/mol. The molecule has 0 bridgehead atoms. The molecule has 1 aliphatic heterocycles. The molecule has 1 aliphatic carbocycles. The minimum Gasteiger partial charge on any atom is -0.342 e. The highest BCUT2D eigenvalue weighted by Gasteiger charge is 2.46. The number of piperidine rings is 1. The van der Waals surface area contributed by atoms with E-state index < -0.39 is 0 Å². The summed E-state index contributed by atoms with van der Waals surface area (Å²) in [4.78, 5) is 25.1. The molecular weight excluding hydrogens is 310 g/mol. The Morgan fingerprint density at radius 1 is 1.12 bits per heavy atom. The van der Waals surface area contributed by atoms with E-state index in [0.717, 1.165) is 36.7 Å². The topological polar surface area (TPSA) is 37.4 Å². The molecular formula is C22H23NO2. The number of nitrogens with zero attached hydrogens (tertiary/aromatic N) is 1. The summed E-state index contributed by atoms with van der Waals surface area (Å²) in [5.74, 6) is 0.272. The number of hydrogen-bond acceptors (Lipinski definition) is 2. The monoisotopic (exact) mass is 333 g/mol. The molecule has 1 heterocycles. The van der Waals surface area contributed by atoms with E-state index in [1.165, 1.54) is 11.1 Å². The van der Waals surface area contributed by atoms with Gasteiger partial charge in [0.25, 0.3) is 0 Å². The maximum absolute atomic E-state index is 12.1. The smallest absolute Gasteiger partial charge is 0.222 e. The zero-order chi connectivity index (χ0) is 17.6. The molecule has 128 valence electrons. The molecule has 2 atom stereocenters. The second kappa shape index (κ2) is 5.83. The Labute approximate surface area is 148 Å². The molecule has 0 N–H and O–H groups in total. The molecule has 2 aromatic rings. The number of amides is 1. The lowest BCUT2D eigenvalue weighted by molar-refractivity contribution is -0.138. The molecule has 0 aromatic heterocycles. The molecule has 1 fully saturated rings. The van der Waals surface area contributed by atoms with Crippen molar-refractivity contribution in [2.75, 3.05) is 7.05 Å². The Morgan fingerprint density at radius 3 is 2.72 bits per heavy atom. The van der Waals surface area contributed by atoms with Gasteiger partial charge in [-0.25, -0.2) is 0 Å². The van der Waals surface area contributed by atoms with Gasteiger partial charge in [-0.3, -0.25) is 9.59 Å². The first-order valence-electron chi connectivity index (χ1n) is 8.97. The van der Waals surface area contributed by atoms with Crippen LogP contribution in [0.5, 0.6) is 0 Å². The highest BCUT2D eigenvalue weighted by Crippen LogP contribution is 2.46. The minimum atomic E-state index is 0.0411. The zero-order valence-electron chi connectivity index (χ0n) is 14.8. The summed E-state index contributed by atoms with van der Waals surface area (Å²) in [6, 6.07) is 14.7. The number of carbonyl (C=O) groups excluding carboxylic acids is 2. The molecule has 25 heavy (non-hydrogen) atoms. The molecule has 1 amide bonds. The SMILES string of the molecule is CN1C(=O)CC[C@]2(C)c3ccc(-c4cccc(C=O)c4)cc3CC[C@@H]12. The highest BCUT2D eigenvalue weighted by atomic mass is 16.2. The van der Waals surface area contributed by atoms with Gasteiger partial charge < -0.3 is 4.90 Å². The quantitative estimate of drug-likeness (QED) is 0.779. The van der Waals surface area contributed by atoms with Crippen LogP contribution in [0.4, 0.5) is 0 Å². The summed E-state index contributed by atoms with van der Waals surface area (Å²) in [7, 11) is 1.95. The molecule has 0 radical (unpaired) electrons. The van der Waals surface area contributed by atoms with Gasteiger partial charge in [0, 0.05) is 30.5 Å². The van der Waals surface area contributed by atoms with Gasteiger partial charge in [0.1, 0.15) is 6.29 Å². The van der Waals surface area contributed by atoms with Crippen LogP contribution in [0, 0.1) is 0 Å². The fourth-order valence-corrected chi connectivity index (χ4v) is 4.76. The van der Waals surface area contributed by atoms with Crippen LogP contribution in [0.15, 0.2) is 42.5 Å². The van der Waals surface area contributed by atoms with Gasteiger partial charge >= 0.3 is 0 Å². The Morgan fingerprint density at radius 2 is 1.92 bits per heavy atom. The van der Waals surface area contributed by atoms with Crippen LogP contribution in [0.2, 0.25) is 0 Å². The first-order valence-corrected chi connectivity index (χ1v) is 8.97. The Bertz CT molecular complexity index is 857. The Kier molecular flexibility index (Phi) is 3.75. The zero-order valence-corrected chi connectivity index (χ0v) is 14.8. The van der Waals surface area contributed by atoms with Crippen molar-refractivity contribution in [3.8, 4) is 11.1 Å². The van der Waals surface area contributed by atoms with Crippen molar-refractivity contribution in [2.45, 2.75) is 44.1 Å². The fraction of sp³-hybridized carbons (Fsp3) is 0.364. The van der Waals surface area contributed by atoms with Crippen molar-refractivity contribution in [3.63, 3.8) is 0 Å². The first-order chi connectivity index (χ1) is 12.0. The van der Waals surface area contributed by atoms with E-state index in [-0.39, 0.29) is 11.3 Å². The second-order valence-corrected chi connectivity index (χ2v) is 7.59. The van der Waals surface area contributed by atoms with Crippen LogP contribution >= 0.6 is 0 Å². The van der Waals surface area contributed by atoms with E-state index in [2.05, 4.69) is 31.2 Å². The van der Waals surface area contributed by atoms with Gasteiger partial charge in [-0.1, -0.05) is 43.3 Å². The van der Waals surface area contributed by atoms with Crippen molar-refractivity contribution in [2.24, 2.45) is 0 Å². The molecule has 1 saturated heterocycles. The number of benzene rings is 2. The lowest BCUT2D eigenvalue weighted by atomic mass is 9.63. The van der Waals surface area contributed by atoms with Gasteiger partial charge in [-0.2, -0.15) is 0 Å². The van der Waals surface area contributed by atoms with Crippen molar-refractivity contribution in [1.29, 1.82) is 0 Å². The third-order valence-corrected chi connectivity index (χ3v) is 6.22. The van der Waals surface area contributed by atoms with Gasteiger partial charge in [-0.15, -0.1) is 0 Å². The van der Waals surface area contributed by atoms with E-state index in [9.17, 15) is 9.59 Å². The number of likely N-dealkylation sites (N-methyl/N-ethyl adjacent to an activating group) is 1. The highest BCUT2D eigenvalue weighted by molar-refractivity contribution is 5.80. The summed E-state index contributed by atoms with van der Waals surface area (Å²) in [6.07, 6.45) is 4.46. The third-order valence-electron chi connectivity index (χ3n) is 6.22. The van der Waals surface area contributed by atoms with E-state index in [0.29, 0.717) is 18.0 Å². The van der Waals surface area contributed by atoms with Crippen LogP contribution in [-0.4, -0.2) is 30.2 Å². The van der Waals surface area contributed by atoms with Gasteiger partial charge in [0.05, 0.1) is 0 Å². The number of likely N-dealkylation sites (tertiary alicyclic amines) is 1. The molecule has 0 saturated carbocycles. The number of fused-ring (bicyclic) bond motifs is 3. The molecule has 0 spiro atoms. The number of rotatable bonds is 2. The standard InChI is InChI=1S/C22H23NO2/c1-22-11-10-21(25)23(2)20(22)9-7-18-13-17(6-8-19(18)22)16-5-3-4-15(12-16)14-24/h3-6,8,12-14,20H,7,9-11H2,1-2H3/t20-,22-/m1/s1. The van der Waals surface area contributed by atoms with Gasteiger partial charge in [0.2, 0.25) is 5.91 Å². The second-order valence-electron chi connectivity index (χ2n) is 7.59. The lowest BCUT2D eigenvalue weighted by Gasteiger charge is -2.50. The minimum absolute atomic E-state index is 0.0411. The predicted octanol–water partition coefficient (Wildman–Crippen LogP) is 3.99. The molecule has 3 nitrogen and oxygen atoms in total. The molecule has 2 aromatic carbocycles. The molecule has 4 rings (SSSR count). The number of aryl methyl sites for hydroxylation is 1. The maximum Gasteiger partial charge on any atom is 0.222 e. The summed E-state index contributed by atoms with van der Waals surface area (Å²) >= 11 is 0. The fourth-order valence-electron chi connectivity index (χ4n) is 4.76. The summed E-state index contributed by atoms with van der Waals surface area (Å²) < 4.78 is 0. The van der Waals surface area contributed by atoms with Gasteiger partial charge in [-0.05, 0) is 47.6 Å². The van der Waals surface area contributed by atoms with E-state index in [1.54, 1.807) is 0 Å². The first kappa shape index (κ1) is 16.1. The Balaban J connectivity index is 1.75. The molecule has 0 unspecified atom stereocenters. The van der Waals surface area contributed by atoms with Gasteiger partial charge in [0.15, 0.2) is 0 Å². The molecule has 3 heteroatoms. The summed E-state index contributed by atoms with van der Waals surface area (Å²) in [5, 5.41) is 0. The third kappa shape index (κ3) is 2.50. The van der Waals surface area contributed by atoms with Crippen LogP contribution in [0.1, 0.15) is 47.7 Å². The lowest BCUT2D eigenvalue weighted by Crippen LogP contribution is -2.56. The van der Waals surface area contributed by atoms with Crippen molar-refractivity contribution < 1.29 is 9.59 Å². The van der Waals surface area contributed by atoms with E-state index in [4.69, 9.17) is 0 Å². The number of carbonyl (C=O) groups is 2. The van der Waals surface area contributed by atoms with E-state index >= 15 is 0 Å². The normalized spacial score (nSPS) is 25.3. The van der Waals surface area contributed by atoms with Crippen LogP contribution in [-0.2, 0) is 16.6 Å². The number of aldehydes is 1. The van der Waals surface area contributed by atoms with E-state index in [1.807, 2.05) is 30.1 Å². The van der Waals surface area contributed by atoms with Crippen molar-refractivity contribution >= 4 is 12.2 Å². The number of hydrogen-bond donors (Lipinski definition) is 0. The van der Waals surface area contributed by atoms with Crippen molar-refractivity contribution in [1.82, 2.24) is 4.90 Å². The predicted molar refractivity (Wildman–Crippen MR) is 98.7 cm³/mol. The van der Waals surface area contributed by atoms with Crippen molar-refractivity contribution in [3.05, 3.63) is 59.2 Å². The average Bonchev–Trinajstić information content (AvgIpc) is 2.65. The van der Waals surface area contributed by atoms with Crippen LogP contribution < -0.4 is 0 Å². The Hall–Kier alpha value is -2.42. The summed E-state index contributed by atoms with van der Waals surface area (Å²) in [5.41, 5.74) is 5.75. The van der Waals surface area contributed by atoms with Crippen LogP contribution in [0.25, 0.3) is 11.1 Å². The molecule has 2 aliphatic rings. The van der Waals surface area contributed by atoms with Crippen LogP contribution in [0.3, 0.4) is 0 Å². The largest absolute Gasteiger partial charge is 0.342 e. The maximum atomic E-state index is 12.1.